The van der Waals surface area contributed by atoms with E-state index >= 15 is 0 Å². The zero-order valence-electron chi connectivity index (χ0n) is 16.8. The van der Waals surface area contributed by atoms with Gasteiger partial charge in [-0.15, -0.1) is 0 Å². The molecule has 0 aliphatic carbocycles. The Kier molecular flexibility index (Phi) is 7.78. The molecule has 0 radical (unpaired) electrons. The SMILES string of the molecule is O=C(NCc1ccccc1)C(=O)[C@@H]1CC=CCCCCOc2ccccc2C(=O)N1. The topological polar surface area (TPSA) is 84.5 Å². The maximum absolute atomic E-state index is 12.8. The average molecular weight is 406 g/mol. The molecule has 0 bridgehead atoms. The van der Waals surface area contributed by atoms with Gasteiger partial charge in [-0.1, -0.05) is 54.6 Å². The highest BCUT2D eigenvalue weighted by molar-refractivity contribution is 6.38. The molecule has 30 heavy (non-hydrogen) atoms. The molecule has 6 nitrogen and oxygen atoms in total. The second-order valence-corrected chi connectivity index (χ2v) is 7.11. The van der Waals surface area contributed by atoms with Crippen molar-refractivity contribution in [1.82, 2.24) is 10.6 Å². The summed E-state index contributed by atoms with van der Waals surface area (Å²) in [4.78, 5) is 38.0. The Labute approximate surface area is 176 Å². The Morgan fingerprint density at radius 1 is 1.00 bits per heavy atom. The smallest absolute Gasteiger partial charge is 0.289 e. The Bertz CT molecular complexity index is 908. The van der Waals surface area contributed by atoms with E-state index in [2.05, 4.69) is 10.6 Å². The highest BCUT2D eigenvalue weighted by Crippen LogP contribution is 2.19. The summed E-state index contributed by atoms with van der Waals surface area (Å²) in [6, 6.07) is 15.3. The van der Waals surface area contributed by atoms with Crippen molar-refractivity contribution < 1.29 is 19.1 Å². The number of hydrogen-bond acceptors (Lipinski definition) is 4. The number of allylic oxidation sites excluding steroid dienone is 1. The van der Waals surface area contributed by atoms with Crippen LogP contribution in [0.25, 0.3) is 0 Å². The summed E-state index contributed by atoms with van der Waals surface area (Å²) in [6.45, 7) is 0.765. The standard InChI is InChI=1S/C24H26N2O4/c27-22(24(29)25-17-18-11-5-4-6-12-18)20-14-7-2-1-3-10-16-30-21-15-9-8-13-19(21)23(28)26-20/h2,4-9,11-13,15,20H,1,3,10,14,16-17H2,(H,25,29)(H,26,28)/t20-/m0/s1. The summed E-state index contributed by atoms with van der Waals surface area (Å²) in [6.07, 6.45) is 6.73. The molecule has 0 saturated carbocycles. The van der Waals surface area contributed by atoms with Crippen molar-refractivity contribution in [1.29, 1.82) is 0 Å². The molecule has 0 saturated heterocycles. The van der Waals surface area contributed by atoms with Gasteiger partial charge in [-0.05, 0) is 43.4 Å². The summed E-state index contributed by atoms with van der Waals surface area (Å²) in [5.74, 6) is -1.35. The molecule has 2 amide bonds. The minimum absolute atomic E-state index is 0.249. The highest BCUT2D eigenvalue weighted by atomic mass is 16.5. The zero-order valence-corrected chi connectivity index (χ0v) is 16.8. The number of para-hydroxylation sites is 1. The fourth-order valence-electron chi connectivity index (χ4n) is 3.17. The van der Waals surface area contributed by atoms with E-state index in [4.69, 9.17) is 4.74 Å². The van der Waals surface area contributed by atoms with Crippen molar-refractivity contribution in [2.75, 3.05) is 6.61 Å². The number of fused-ring (bicyclic) bond motifs is 1. The number of Topliss-reactive ketones (excluding diaryl/α,β-unsaturated/α-hetero) is 1. The number of ketones is 1. The van der Waals surface area contributed by atoms with Crippen LogP contribution in [0.3, 0.4) is 0 Å². The molecule has 2 aromatic rings. The first kappa shape index (κ1) is 21.3. The lowest BCUT2D eigenvalue weighted by molar-refractivity contribution is -0.139. The van der Waals surface area contributed by atoms with E-state index in [1.54, 1.807) is 24.3 Å². The number of benzene rings is 2. The van der Waals surface area contributed by atoms with Gasteiger partial charge in [0, 0.05) is 6.54 Å². The molecule has 0 unspecified atom stereocenters. The van der Waals surface area contributed by atoms with Crippen LogP contribution in [0.2, 0.25) is 0 Å². The maximum Gasteiger partial charge on any atom is 0.289 e. The van der Waals surface area contributed by atoms with E-state index in [0.717, 1.165) is 24.8 Å². The number of nitrogens with one attached hydrogen (secondary N) is 2. The zero-order chi connectivity index (χ0) is 21.2. The second kappa shape index (κ2) is 11.0. The molecule has 156 valence electrons. The summed E-state index contributed by atoms with van der Waals surface area (Å²) >= 11 is 0. The van der Waals surface area contributed by atoms with Crippen molar-refractivity contribution >= 4 is 17.6 Å². The Hall–Kier alpha value is -3.41. The normalized spacial score (nSPS) is 17.2. The second-order valence-electron chi connectivity index (χ2n) is 7.11. The van der Waals surface area contributed by atoms with E-state index < -0.39 is 23.6 Å². The third-order valence-corrected chi connectivity index (χ3v) is 4.83. The van der Waals surface area contributed by atoms with Crippen LogP contribution in [-0.4, -0.2) is 30.2 Å². The van der Waals surface area contributed by atoms with Crippen LogP contribution in [0.5, 0.6) is 5.75 Å². The van der Waals surface area contributed by atoms with Crippen molar-refractivity contribution in [3.8, 4) is 5.75 Å². The lowest BCUT2D eigenvalue weighted by Crippen LogP contribution is -2.47. The molecule has 6 heteroatoms. The van der Waals surface area contributed by atoms with Gasteiger partial charge in [0.2, 0.25) is 5.78 Å². The van der Waals surface area contributed by atoms with E-state index in [1.165, 1.54) is 0 Å². The maximum atomic E-state index is 12.8. The quantitative estimate of drug-likeness (QED) is 0.603. The van der Waals surface area contributed by atoms with E-state index in [1.807, 2.05) is 42.5 Å². The van der Waals surface area contributed by atoms with Crippen LogP contribution < -0.4 is 15.4 Å². The van der Waals surface area contributed by atoms with Crippen LogP contribution in [-0.2, 0) is 16.1 Å². The molecule has 2 N–H and O–H groups in total. The summed E-state index contributed by atoms with van der Waals surface area (Å²) in [5, 5.41) is 5.35. The van der Waals surface area contributed by atoms with Gasteiger partial charge < -0.3 is 15.4 Å². The minimum Gasteiger partial charge on any atom is -0.493 e. The van der Waals surface area contributed by atoms with E-state index in [-0.39, 0.29) is 13.0 Å². The van der Waals surface area contributed by atoms with Gasteiger partial charge in [-0.2, -0.15) is 0 Å². The third kappa shape index (κ3) is 6.04. The molecular formula is C24H26N2O4. The van der Waals surface area contributed by atoms with E-state index in [9.17, 15) is 14.4 Å². The van der Waals surface area contributed by atoms with Crippen LogP contribution in [0, 0.1) is 0 Å². The van der Waals surface area contributed by atoms with Crippen molar-refractivity contribution in [2.45, 2.75) is 38.3 Å². The molecule has 1 atom stereocenters. The molecule has 0 fully saturated rings. The lowest BCUT2D eigenvalue weighted by Gasteiger charge is -2.17. The molecule has 3 rings (SSSR count). The third-order valence-electron chi connectivity index (χ3n) is 4.83. The Balaban J connectivity index is 1.73. The predicted molar refractivity (Wildman–Crippen MR) is 114 cm³/mol. The van der Waals surface area contributed by atoms with Crippen molar-refractivity contribution in [2.24, 2.45) is 0 Å². The fraction of sp³-hybridized carbons (Fsp3) is 0.292. The molecule has 2 aromatic carbocycles. The molecule has 0 aromatic heterocycles. The monoisotopic (exact) mass is 406 g/mol. The molecule has 0 spiro atoms. The molecule has 1 heterocycles. The van der Waals surface area contributed by atoms with Gasteiger partial charge in [-0.25, -0.2) is 0 Å². The van der Waals surface area contributed by atoms with Crippen molar-refractivity contribution in [3.63, 3.8) is 0 Å². The Morgan fingerprint density at radius 3 is 2.60 bits per heavy atom. The van der Waals surface area contributed by atoms with Gasteiger partial charge in [0.05, 0.1) is 12.2 Å². The lowest BCUT2D eigenvalue weighted by atomic mass is 10.1. The highest BCUT2D eigenvalue weighted by Gasteiger charge is 2.27. The molecule has 1 aliphatic rings. The van der Waals surface area contributed by atoms with Crippen LogP contribution in [0.15, 0.2) is 66.7 Å². The first-order chi connectivity index (χ1) is 14.6. The van der Waals surface area contributed by atoms with E-state index in [0.29, 0.717) is 17.9 Å². The number of ether oxygens (including phenoxy) is 1. The predicted octanol–water partition coefficient (Wildman–Crippen LogP) is 3.18. The summed E-state index contributed by atoms with van der Waals surface area (Å²) < 4.78 is 5.75. The summed E-state index contributed by atoms with van der Waals surface area (Å²) in [5.41, 5.74) is 1.24. The van der Waals surface area contributed by atoms with Gasteiger partial charge in [0.15, 0.2) is 0 Å². The number of carbonyl (C=O) groups is 3. The van der Waals surface area contributed by atoms with Crippen LogP contribution in [0.1, 0.15) is 41.6 Å². The molecule has 1 aliphatic heterocycles. The van der Waals surface area contributed by atoms with Gasteiger partial charge >= 0.3 is 0 Å². The van der Waals surface area contributed by atoms with Crippen LogP contribution >= 0.6 is 0 Å². The first-order valence-electron chi connectivity index (χ1n) is 10.2. The fourth-order valence-corrected chi connectivity index (χ4v) is 3.17. The number of hydrogen-bond donors (Lipinski definition) is 2. The van der Waals surface area contributed by atoms with Crippen molar-refractivity contribution in [3.05, 3.63) is 77.9 Å². The number of rotatable bonds is 4. The van der Waals surface area contributed by atoms with Gasteiger partial charge in [-0.3, -0.25) is 14.4 Å². The van der Waals surface area contributed by atoms with Gasteiger partial charge in [0.25, 0.3) is 11.8 Å². The number of carbonyl (C=O) groups excluding carboxylic acids is 3. The summed E-state index contributed by atoms with van der Waals surface area (Å²) in [7, 11) is 0. The average Bonchev–Trinajstić information content (AvgIpc) is 2.79. The van der Waals surface area contributed by atoms with Crippen LogP contribution in [0.4, 0.5) is 0 Å². The first-order valence-corrected chi connectivity index (χ1v) is 10.2. The molecular weight excluding hydrogens is 380 g/mol. The largest absolute Gasteiger partial charge is 0.493 e. The minimum atomic E-state index is -0.946. The Morgan fingerprint density at radius 2 is 1.77 bits per heavy atom. The van der Waals surface area contributed by atoms with Gasteiger partial charge in [0.1, 0.15) is 11.8 Å². The number of amides is 2.